The summed E-state index contributed by atoms with van der Waals surface area (Å²) in [6, 6.07) is 6.05. The molecule has 5 heteroatoms. The van der Waals surface area contributed by atoms with Gasteiger partial charge in [-0.3, -0.25) is 9.48 Å². The third kappa shape index (κ3) is 2.43. The number of carbonyl (C=O) groups excluding carboxylic acids is 2. The topological polar surface area (TPSA) is 64.0 Å². The van der Waals surface area contributed by atoms with Crippen LogP contribution >= 0.6 is 0 Å². The van der Waals surface area contributed by atoms with Crippen LogP contribution in [0, 0.1) is 5.92 Å². The molecule has 0 saturated heterocycles. The number of carbonyl (C=O) groups is 2. The standard InChI is InChI=1S/C15H17N3O2/c19-9-11-1-4-14(5-2-11)18-8-12-7-13(16-10-20)3-6-15(12)17-18/h3,6-11,14H,1-2,4-5H2,(H,16,20). The average molecular weight is 271 g/mol. The van der Waals surface area contributed by atoms with Gasteiger partial charge in [0, 0.05) is 23.2 Å². The van der Waals surface area contributed by atoms with E-state index >= 15 is 0 Å². The molecule has 3 rings (SSSR count). The minimum absolute atomic E-state index is 0.222. The Hall–Kier alpha value is -2.17. The van der Waals surface area contributed by atoms with Gasteiger partial charge in [0.15, 0.2) is 0 Å². The Bertz CT molecular complexity index is 627. The Labute approximate surface area is 117 Å². The van der Waals surface area contributed by atoms with Crippen LogP contribution in [0.25, 0.3) is 10.9 Å². The molecule has 20 heavy (non-hydrogen) atoms. The number of amides is 1. The second-order valence-corrected chi connectivity index (χ2v) is 5.35. The molecule has 104 valence electrons. The second kappa shape index (κ2) is 5.45. The van der Waals surface area contributed by atoms with Gasteiger partial charge in [-0.1, -0.05) is 0 Å². The summed E-state index contributed by atoms with van der Waals surface area (Å²) in [7, 11) is 0. The van der Waals surface area contributed by atoms with E-state index in [0.29, 0.717) is 12.5 Å². The first-order chi connectivity index (χ1) is 9.80. The Kier molecular flexibility index (Phi) is 3.50. The summed E-state index contributed by atoms with van der Waals surface area (Å²) < 4.78 is 2.01. The zero-order valence-corrected chi connectivity index (χ0v) is 11.2. The molecule has 0 aliphatic heterocycles. The number of fused-ring (bicyclic) bond motifs is 1. The van der Waals surface area contributed by atoms with Crippen LogP contribution in [0.1, 0.15) is 31.7 Å². The fourth-order valence-electron chi connectivity index (χ4n) is 2.89. The van der Waals surface area contributed by atoms with Gasteiger partial charge in [-0.15, -0.1) is 0 Å². The molecule has 1 fully saturated rings. The van der Waals surface area contributed by atoms with Crippen molar-refractivity contribution in [1.82, 2.24) is 9.78 Å². The number of anilines is 1. The molecule has 1 amide bonds. The molecule has 1 aromatic carbocycles. The van der Waals surface area contributed by atoms with Crippen molar-refractivity contribution in [3.05, 3.63) is 24.4 Å². The lowest BCUT2D eigenvalue weighted by atomic mass is 9.87. The Morgan fingerprint density at radius 3 is 2.70 bits per heavy atom. The van der Waals surface area contributed by atoms with E-state index in [1.54, 1.807) is 0 Å². The van der Waals surface area contributed by atoms with Crippen LogP contribution in [0.2, 0.25) is 0 Å². The van der Waals surface area contributed by atoms with Crippen LogP contribution in [-0.4, -0.2) is 22.5 Å². The maximum atomic E-state index is 10.8. The average Bonchev–Trinajstić information content (AvgIpc) is 2.91. The molecular formula is C15H17N3O2. The van der Waals surface area contributed by atoms with Gasteiger partial charge in [-0.25, -0.2) is 0 Å². The first-order valence-electron chi connectivity index (χ1n) is 6.94. The zero-order valence-electron chi connectivity index (χ0n) is 11.2. The molecule has 0 radical (unpaired) electrons. The first-order valence-corrected chi connectivity index (χ1v) is 6.94. The van der Waals surface area contributed by atoms with E-state index in [1.807, 2.05) is 29.1 Å². The van der Waals surface area contributed by atoms with E-state index in [2.05, 4.69) is 10.4 Å². The molecule has 1 aromatic heterocycles. The van der Waals surface area contributed by atoms with Crippen LogP contribution in [-0.2, 0) is 9.59 Å². The lowest BCUT2D eigenvalue weighted by Gasteiger charge is -2.25. The van der Waals surface area contributed by atoms with Crippen molar-refractivity contribution in [2.45, 2.75) is 31.7 Å². The van der Waals surface area contributed by atoms with E-state index in [0.717, 1.165) is 48.6 Å². The lowest BCUT2D eigenvalue weighted by Crippen LogP contribution is -2.19. The van der Waals surface area contributed by atoms with E-state index < -0.39 is 0 Å². The van der Waals surface area contributed by atoms with Crippen molar-refractivity contribution >= 4 is 29.3 Å². The molecule has 1 aliphatic carbocycles. The third-order valence-corrected chi connectivity index (χ3v) is 4.06. The first kappa shape index (κ1) is 12.8. The van der Waals surface area contributed by atoms with E-state index in [9.17, 15) is 9.59 Å². The highest BCUT2D eigenvalue weighted by atomic mass is 16.1. The summed E-state index contributed by atoms with van der Waals surface area (Å²) >= 11 is 0. The Balaban J connectivity index is 1.82. The molecular weight excluding hydrogens is 254 g/mol. The normalized spacial score (nSPS) is 22.6. The Morgan fingerprint density at radius 1 is 1.20 bits per heavy atom. The molecule has 0 spiro atoms. The van der Waals surface area contributed by atoms with Gasteiger partial charge in [-0.05, 0) is 43.9 Å². The van der Waals surface area contributed by atoms with Gasteiger partial charge in [0.1, 0.15) is 6.29 Å². The highest BCUT2D eigenvalue weighted by Crippen LogP contribution is 2.32. The van der Waals surface area contributed by atoms with Crippen molar-refractivity contribution in [2.24, 2.45) is 5.92 Å². The monoisotopic (exact) mass is 271 g/mol. The van der Waals surface area contributed by atoms with Gasteiger partial charge >= 0.3 is 0 Å². The maximum absolute atomic E-state index is 10.8. The minimum Gasteiger partial charge on any atom is -0.329 e. The van der Waals surface area contributed by atoms with Crippen LogP contribution in [0.4, 0.5) is 5.69 Å². The number of aromatic nitrogens is 2. The predicted molar refractivity (Wildman–Crippen MR) is 76.5 cm³/mol. The quantitative estimate of drug-likeness (QED) is 0.869. The van der Waals surface area contributed by atoms with Crippen molar-refractivity contribution in [3.8, 4) is 0 Å². The van der Waals surface area contributed by atoms with Gasteiger partial charge in [0.25, 0.3) is 0 Å². The molecule has 1 saturated carbocycles. The molecule has 1 aliphatic rings. The van der Waals surface area contributed by atoms with Crippen molar-refractivity contribution in [1.29, 1.82) is 0 Å². The summed E-state index contributed by atoms with van der Waals surface area (Å²) in [5, 5.41) is 8.27. The predicted octanol–water partition coefficient (Wildman–Crippen LogP) is 2.53. The zero-order chi connectivity index (χ0) is 13.9. The minimum atomic E-state index is 0.222. The van der Waals surface area contributed by atoms with Crippen LogP contribution in [0.3, 0.4) is 0 Å². The summed E-state index contributed by atoms with van der Waals surface area (Å²) in [6.45, 7) is 0. The number of hydrogen-bond acceptors (Lipinski definition) is 3. The molecule has 5 nitrogen and oxygen atoms in total. The molecule has 0 atom stereocenters. The third-order valence-electron chi connectivity index (χ3n) is 4.06. The summed E-state index contributed by atoms with van der Waals surface area (Å²) in [5.74, 6) is 0.222. The van der Waals surface area contributed by atoms with Crippen molar-refractivity contribution in [3.63, 3.8) is 0 Å². The highest BCUT2D eigenvalue weighted by molar-refractivity contribution is 5.85. The summed E-state index contributed by atoms with van der Waals surface area (Å²) in [5.41, 5.74) is 1.70. The number of benzene rings is 1. The van der Waals surface area contributed by atoms with E-state index in [4.69, 9.17) is 0 Å². The van der Waals surface area contributed by atoms with Gasteiger partial charge in [0.05, 0.1) is 11.6 Å². The smallest absolute Gasteiger partial charge is 0.211 e. The summed E-state index contributed by atoms with van der Waals surface area (Å²) in [6.07, 6.45) is 7.66. The molecule has 0 bridgehead atoms. The van der Waals surface area contributed by atoms with Gasteiger partial charge in [-0.2, -0.15) is 5.10 Å². The second-order valence-electron chi connectivity index (χ2n) is 5.35. The van der Waals surface area contributed by atoms with Gasteiger partial charge in [0.2, 0.25) is 6.41 Å². The SMILES string of the molecule is O=CNc1ccc2nn(C3CCC(C=O)CC3)cc2c1. The largest absolute Gasteiger partial charge is 0.329 e. The molecule has 1 heterocycles. The maximum Gasteiger partial charge on any atom is 0.211 e. The molecule has 1 N–H and O–H groups in total. The van der Waals surface area contributed by atoms with Crippen LogP contribution in [0.15, 0.2) is 24.4 Å². The number of rotatable bonds is 4. The van der Waals surface area contributed by atoms with Crippen molar-refractivity contribution in [2.75, 3.05) is 5.32 Å². The number of hydrogen-bond donors (Lipinski definition) is 1. The van der Waals surface area contributed by atoms with E-state index in [-0.39, 0.29) is 5.92 Å². The molecule has 0 unspecified atom stereocenters. The van der Waals surface area contributed by atoms with Crippen molar-refractivity contribution < 1.29 is 9.59 Å². The molecule has 2 aromatic rings. The lowest BCUT2D eigenvalue weighted by molar-refractivity contribution is -0.112. The highest BCUT2D eigenvalue weighted by Gasteiger charge is 2.22. The fourth-order valence-corrected chi connectivity index (χ4v) is 2.89. The number of aldehydes is 1. The number of nitrogens with one attached hydrogen (secondary N) is 1. The van der Waals surface area contributed by atoms with Crippen LogP contribution < -0.4 is 5.32 Å². The number of nitrogens with zero attached hydrogens (tertiary/aromatic N) is 2. The van der Waals surface area contributed by atoms with E-state index in [1.165, 1.54) is 0 Å². The summed E-state index contributed by atoms with van der Waals surface area (Å²) in [4.78, 5) is 21.2. The van der Waals surface area contributed by atoms with Crippen LogP contribution in [0.5, 0.6) is 0 Å². The fraction of sp³-hybridized carbons (Fsp3) is 0.400. The van der Waals surface area contributed by atoms with Gasteiger partial charge < -0.3 is 10.1 Å². The Morgan fingerprint density at radius 2 is 2.00 bits per heavy atom.